The fraction of sp³-hybridized carbons (Fsp3) is 0.417. The van der Waals surface area contributed by atoms with Crippen molar-refractivity contribution in [2.24, 2.45) is 0 Å². The monoisotopic (exact) mass is 250 g/mol. The molecule has 1 aliphatic heterocycles. The van der Waals surface area contributed by atoms with Crippen molar-refractivity contribution in [3.63, 3.8) is 0 Å². The minimum absolute atomic E-state index is 0.168. The van der Waals surface area contributed by atoms with Crippen LogP contribution in [0.2, 0.25) is 0 Å². The van der Waals surface area contributed by atoms with E-state index in [-0.39, 0.29) is 11.5 Å². The van der Waals surface area contributed by atoms with Gasteiger partial charge in [0.05, 0.1) is 5.56 Å². The molecule has 6 heteroatoms. The van der Waals surface area contributed by atoms with E-state index in [1.54, 1.807) is 0 Å². The fourth-order valence-electron chi connectivity index (χ4n) is 1.81. The predicted octanol–water partition coefficient (Wildman–Crippen LogP) is 0.0383. The number of carbonyl (C=O) groups excluding carboxylic acids is 2. The molecule has 1 unspecified atom stereocenters. The molecule has 1 aromatic heterocycles. The molecule has 0 radical (unpaired) electrons. The molecule has 0 spiro atoms. The van der Waals surface area contributed by atoms with Gasteiger partial charge in [0.1, 0.15) is 12.3 Å². The average molecular weight is 250 g/mol. The van der Waals surface area contributed by atoms with E-state index < -0.39 is 17.6 Å². The van der Waals surface area contributed by atoms with E-state index >= 15 is 0 Å². The molecule has 2 N–H and O–H groups in total. The minimum Gasteiger partial charge on any atom is -0.430 e. The molecule has 1 aromatic rings. The van der Waals surface area contributed by atoms with Gasteiger partial charge >= 0.3 is 5.63 Å². The van der Waals surface area contributed by atoms with Crippen molar-refractivity contribution < 1.29 is 14.0 Å². The van der Waals surface area contributed by atoms with Crippen LogP contribution in [-0.4, -0.2) is 24.4 Å². The first kappa shape index (κ1) is 12.3. The summed E-state index contributed by atoms with van der Waals surface area (Å²) in [6.45, 7) is 0.644. The Morgan fingerprint density at radius 3 is 2.89 bits per heavy atom. The number of hydrogen-bond acceptors (Lipinski definition) is 4. The number of rotatable bonds is 2. The van der Waals surface area contributed by atoms with Crippen molar-refractivity contribution in [3.05, 3.63) is 34.4 Å². The van der Waals surface area contributed by atoms with Gasteiger partial charge in [0.15, 0.2) is 0 Å². The van der Waals surface area contributed by atoms with Gasteiger partial charge in [-0.15, -0.1) is 0 Å². The third kappa shape index (κ3) is 2.97. The summed E-state index contributed by atoms with van der Waals surface area (Å²) in [6.07, 6.45) is 3.51. The van der Waals surface area contributed by atoms with E-state index in [1.165, 1.54) is 12.1 Å². The second-order valence-electron chi connectivity index (χ2n) is 4.16. The Balaban J connectivity index is 2.03. The van der Waals surface area contributed by atoms with Gasteiger partial charge in [-0.25, -0.2) is 4.79 Å². The lowest BCUT2D eigenvalue weighted by Crippen LogP contribution is -2.45. The van der Waals surface area contributed by atoms with Crippen molar-refractivity contribution in [2.45, 2.75) is 25.3 Å². The van der Waals surface area contributed by atoms with Crippen LogP contribution in [0.1, 0.15) is 29.6 Å². The third-order valence-electron chi connectivity index (χ3n) is 2.80. The number of carbonyl (C=O) groups is 2. The predicted molar refractivity (Wildman–Crippen MR) is 63.1 cm³/mol. The lowest BCUT2D eigenvalue weighted by Gasteiger charge is -2.14. The van der Waals surface area contributed by atoms with E-state index in [9.17, 15) is 14.4 Å². The molecule has 1 atom stereocenters. The highest BCUT2D eigenvalue weighted by molar-refractivity contribution is 5.97. The van der Waals surface area contributed by atoms with Gasteiger partial charge in [0.2, 0.25) is 5.91 Å². The highest BCUT2D eigenvalue weighted by Crippen LogP contribution is 2.06. The van der Waals surface area contributed by atoms with Crippen molar-refractivity contribution in [1.29, 1.82) is 0 Å². The first-order chi connectivity index (χ1) is 8.66. The molecular weight excluding hydrogens is 236 g/mol. The molecule has 1 aliphatic rings. The maximum atomic E-state index is 11.8. The highest BCUT2D eigenvalue weighted by Gasteiger charge is 2.22. The van der Waals surface area contributed by atoms with Crippen LogP contribution in [0, 0.1) is 0 Å². The molecule has 2 heterocycles. The number of hydrogen-bond donors (Lipinski definition) is 2. The zero-order chi connectivity index (χ0) is 13.0. The molecule has 1 fully saturated rings. The summed E-state index contributed by atoms with van der Waals surface area (Å²) in [5, 5.41) is 5.36. The Labute approximate surface area is 103 Å². The van der Waals surface area contributed by atoms with Gasteiger partial charge in [-0.05, 0) is 25.3 Å². The van der Waals surface area contributed by atoms with Crippen molar-refractivity contribution in [3.8, 4) is 0 Å². The molecule has 0 aromatic carbocycles. The smallest absolute Gasteiger partial charge is 0.335 e. The Morgan fingerprint density at radius 1 is 1.33 bits per heavy atom. The van der Waals surface area contributed by atoms with Gasteiger partial charge in [0, 0.05) is 12.6 Å². The Kier molecular flexibility index (Phi) is 3.76. The summed E-state index contributed by atoms with van der Waals surface area (Å²) in [4.78, 5) is 34.2. The molecule has 2 amide bonds. The summed E-state index contributed by atoms with van der Waals surface area (Å²) in [6, 6.07) is 2.02. The van der Waals surface area contributed by atoms with Gasteiger partial charge in [-0.1, -0.05) is 0 Å². The summed E-state index contributed by atoms with van der Waals surface area (Å²) in [7, 11) is 0. The minimum atomic E-state index is -0.521. The lowest BCUT2D eigenvalue weighted by atomic mass is 10.1. The van der Waals surface area contributed by atoms with Crippen LogP contribution in [0.5, 0.6) is 0 Å². The third-order valence-corrected chi connectivity index (χ3v) is 2.80. The summed E-state index contributed by atoms with van der Waals surface area (Å²) >= 11 is 0. The van der Waals surface area contributed by atoms with Crippen LogP contribution in [-0.2, 0) is 4.79 Å². The fourth-order valence-corrected chi connectivity index (χ4v) is 1.81. The van der Waals surface area contributed by atoms with Crippen LogP contribution in [0.4, 0.5) is 0 Å². The Hall–Kier alpha value is -2.11. The molecule has 0 saturated carbocycles. The van der Waals surface area contributed by atoms with Crippen LogP contribution in [0.3, 0.4) is 0 Å². The van der Waals surface area contributed by atoms with Crippen LogP contribution in [0.25, 0.3) is 0 Å². The SMILES string of the molecule is O=C(NC1CCCCNC1=O)c1ccc(=O)oc1. The first-order valence-corrected chi connectivity index (χ1v) is 5.84. The topological polar surface area (TPSA) is 88.4 Å². The van der Waals surface area contributed by atoms with Crippen LogP contribution >= 0.6 is 0 Å². The van der Waals surface area contributed by atoms with Gasteiger partial charge < -0.3 is 15.1 Å². The Morgan fingerprint density at radius 2 is 2.17 bits per heavy atom. The van der Waals surface area contributed by atoms with E-state index in [1.807, 2.05) is 0 Å². The molecule has 1 saturated heterocycles. The highest BCUT2D eigenvalue weighted by atomic mass is 16.4. The second kappa shape index (κ2) is 5.48. The zero-order valence-electron chi connectivity index (χ0n) is 9.77. The normalized spacial score (nSPS) is 19.8. The van der Waals surface area contributed by atoms with Crippen molar-refractivity contribution in [1.82, 2.24) is 10.6 Å². The second-order valence-corrected chi connectivity index (χ2v) is 4.16. The zero-order valence-corrected chi connectivity index (χ0v) is 9.77. The van der Waals surface area contributed by atoms with E-state index in [4.69, 9.17) is 0 Å². The largest absolute Gasteiger partial charge is 0.430 e. The van der Waals surface area contributed by atoms with E-state index in [2.05, 4.69) is 15.1 Å². The maximum absolute atomic E-state index is 11.8. The molecule has 0 bridgehead atoms. The molecule has 96 valence electrons. The molecular formula is C12H14N2O4. The number of amides is 2. The summed E-state index contributed by atoms with van der Waals surface area (Å²) in [5.41, 5.74) is -0.287. The first-order valence-electron chi connectivity index (χ1n) is 5.84. The molecule has 18 heavy (non-hydrogen) atoms. The average Bonchev–Trinajstić information content (AvgIpc) is 2.56. The lowest BCUT2D eigenvalue weighted by molar-refractivity contribution is -0.122. The van der Waals surface area contributed by atoms with Gasteiger partial charge in [-0.3, -0.25) is 9.59 Å². The van der Waals surface area contributed by atoms with Gasteiger partial charge in [0.25, 0.3) is 5.91 Å². The van der Waals surface area contributed by atoms with E-state index in [0.29, 0.717) is 13.0 Å². The van der Waals surface area contributed by atoms with Crippen molar-refractivity contribution >= 4 is 11.8 Å². The maximum Gasteiger partial charge on any atom is 0.335 e. The summed E-state index contributed by atoms with van der Waals surface area (Å²) < 4.78 is 4.60. The summed E-state index contributed by atoms with van der Waals surface area (Å²) in [5.74, 6) is -0.584. The quantitative estimate of drug-likeness (QED) is 0.775. The molecule has 0 aliphatic carbocycles. The Bertz CT molecular complexity index is 489. The molecule has 2 rings (SSSR count). The van der Waals surface area contributed by atoms with Crippen LogP contribution in [0.15, 0.2) is 27.6 Å². The molecule has 6 nitrogen and oxygen atoms in total. The van der Waals surface area contributed by atoms with E-state index in [0.717, 1.165) is 19.1 Å². The van der Waals surface area contributed by atoms with Crippen LogP contribution < -0.4 is 16.3 Å². The number of nitrogens with one attached hydrogen (secondary N) is 2. The van der Waals surface area contributed by atoms with Crippen molar-refractivity contribution in [2.75, 3.05) is 6.54 Å². The standard InChI is InChI=1S/C12H14N2O4/c15-10-5-4-8(7-18-10)11(16)14-9-3-1-2-6-13-12(9)17/h4-5,7,9H,1-3,6H2,(H,13,17)(H,14,16). The van der Waals surface area contributed by atoms with Gasteiger partial charge in [-0.2, -0.15) is 0 Å².